The average Bonchev–Trinajstić information content (AvgIpc) is 2.39. The number of hydrogen-bond donors (Lipinski definition) is 1. The number of hydrogen-bond acceptors (Lipinski definition) is 2. The van der Waals surface area contributed by atoms with E-state index in [9.17, 15) is 5.11 Å². The van der Waals surface area contributed by atoms with Crippen LogP contribution in [0.25, 0.3) is 0 Å². The van der Waals surface area contributed by atoms with E-state index in [0.717, 1.165) is 11.3 Å². The quantitative estimate of drug-likeness (QED) is 0.853. The van der Waals surface area contributed by atoms with Gasteiger partial charge in [0.05, 0.1) is 7.11 Å². The number of ether oxygens (including phenoxy) is 1. The molecule has 1 N–H and O–H groups in total. The van der Waals surface area contributed by atoms with E-state index in [-0.39, 0.29) is 0 Å². The Hall–Kier alpha value is -1.18. The van der Waals surface area contributed by atoms with Gasteiger partial charge in [-0.3, -0.25) is 0 Å². The van der Waals surface area contributed by atoms with Gasteiger partial charge in [0.25, 0.3) is 0 Å². The number of phenolic OH excluding ortho intramolecular Hbond substituents is 1. The summed E-state index contributed by atoms with van der Waals surface area (Å²) in [5, 5.41) is 9.98. The third-order valence-electron chi connectivity index (χ3n) is 4.08. The monoisotopic (exact) mass is 234 g/mol. The van der Waals surface area contributed by atoms with Crippen LogP contribution >= 0.6 is 0 Å². The van der Waals surface area contributed by atoms with Crippen molar-refractivity contribution in [3.8, 4) is 11.5 Å². The minimum absolute atomic E-state index is 0.406. The largest absolute Gasteiger partial charge is 0.508 e. The van der Waals surface area contributed by atoms with Gasteiger partial charge in [0.15, 0.2) is 0 Å². The number of methoxy groups -OCH3 is 1. The molecule has 17 heavy (non-hydrogen) atoms. The lowest BCUT2D eigenvalue weighted by Crippen LogP contribution is -2.14. The van der Waals surface area contributed by atoms with Crippen molar-refractivity contribution in [3.63, 3.8) is 0 Å². The van der Waals surface area contributed by atoms with Crippen LogP contribution in [0.4, 0.5) is 0 Å². The van der Waals surface area contributed by atoms with Gasteiger partial charge >= 0.3 is 0 Å². The first-order valence-corrected chi connectivity index (χ1v) is 6.59. The topological polar surface area (TPSA) is 29.5 Å². The number of rotatable bonds is 3. The first-order chi connectivity index (χ1) is 8.22. The van der Waals surface area contributed by atoms with Crippen molar-refractivity contribution >= 4 is 0 Å². The summed E-state index contributed by atoms with van der Waals surface area (Å²) in [6.45, 7) is 2.23. The van der Waals surface area contributed by atoms with Gasteiger partial charge in [0.2, 0.25) is 0 Å². The third-order valence-corrected chi connectivity index (χ3v) is 4.08. The molecule has 94 valence electrons. The molecule has 1 aromatic carbocycles. The van der Waals surface area contributed by atoms with Crippen molar-refractivity contribution in [1.82, 2.24) is 0 Å². The van der Waals surface area contributed by atoms with Gasteiger partial charge in [-0.05, 0) is 42.9 Å². The summed E-state index contributed by atoms with van der Waals surface area (Å²) in [7, 11) is 1.67. The lowest BCUT2D eigenvalue weighted by atomic mass is 9.77. The Morgan fingerprint density at radius 1 is 1.24 bits per heavy atom. The molecule has 1 saturated carbocycles. The molecule has 0 radical (unpaired) electrons. The predicted molar refractivity (Wildman–Crippen MR) is 69.6 cm³/mol. The van der Waals surface area contributed by atoms with Gasteiger partial charge in [-0.15, -0.1) is 0 Å². The lowest BCUT2D eigenvalue weighted by molar-refractivity contribution is 0.310. The van der Waals surface area contributed by atoms with E-state index in [1.54, 1.807) is 13.2 Å². The predicted octanol–water partition coefficient (Wildman–Crippen LogP) is 4.08. The molecule has 0 aliphatic heterocycles. The maximum Gasteiger partial charge on any atom is 0.119 e. The van der Waals surface area contributed by atoms with Crippen LogP contribution in [0.2, 0.25) is 0 Å². The van der Waals surface area contributed by atoms with Crippen molar-refractivity contribution in [2.24, 2.45) is 5.92 Å². The van der Waals surface area contributed by atoms with Crippen LogP contribution < -0.4 is 4.74 Å². The maximum atomic E-state index is 9.98. The summed E-state index contributed by atoms with van der Waals surface area (Å²) in [6.07, 6.45) is 6.61. The number of benzene rings is 1. The van der Waals surface area contributed by atoms with Gasteiger partial charge < -0.3 is 9.84 Å². The average molecular weight is 234 g/mol. The van der Waals surface area contributed by atoms with Gasteiger partial charge in [0.1, 0.15) is 11.5 Å². The zero-order valence-corrected chi connectivity index (χ0v) is 10.8. The second-order valence-electron chi connectivity index (χ2n) is 5.11. The summed E-state index contributed by atoms with van der Waals surface area (Å²) in [5.74, 6) is 2.37. The fourth-order valence-electron chi connectivity index (χ4n) is 2.91. The molecule has 0 aromatic heterocycles. The summed E-state index contributed by atoms with van der Waals surface area (Å²) >= 11 is 0. The molecular weight excluding hydrogens is 212 g/mol. The molecule has 0 saturated heterocycles. The van der Waals surface area contributed by atoms with Crippen LogP contribution in [0.5, 0.6) is 11.5 Å². The van der Waals surface area contributed by atoms with Gasteiger partial charge in [-0.2, -0.15) is 0 Å². The Morgan fingerprint density at radius 3 is 2.59 bits per heavy atom. The summed E-state index contributed by atoms with van der Waals surface area (Å²) in [4.78, 5) is 0. The molecular formula is C15H22O2. The molecule has 1 aromatic rings. The zero-order chi connectivity index (χ0) is 12.3. The summed E-state index contributed by atoms with van der Waals surface area (Å²) in [5.41, 5.74) is 1.04. The Labute approximate surface area is 104 Å². The molecule has 1 aliphatic rings. The third kappa shape index (κ3) is 2.74. The highest BCUT2D eigenvalue weighted by molar-refractivity contribution is 5.41. The van der Waals surface area contributed by atoms with E-state index >= 15 is 0 Å². The minimum atomic E-state index is 0.406. The van der Waals surface area contributed by atoms with Crippen molar-refractivity contribution in [2.75, 3.05) is 7.11 Å². The Kier molecular flexibility index (Phi) is 3.93. The maximum absolute atomic E-state index is 9.98. The molecule has 1 atom stereocenters. The van der Waals surface area contributed by atoms with Gasteiger partial charge in [-0.1, -0.05) is 26.2 Å². The van der Waals surface area contributed by atoms with E-state index in [1.165, 1.54) is 32.1 Å². The fraction of sp³-hybridized carbons (Fsp3) is 0.600. The van der Waals surface area contributed by atoms with E-state index in [4.69, 9.17) is 4.74 Å². The van der Waals surface area contributed by atoms with E-state index in [1.807, 2.05) is 12.1 Å². The van der Waals surface area contributed by atoms with E-state index in [2.05, 4.69) is 6.92 Å². The second-order valence-corrected chi connectivity index (χ2v) is 5.11. The Morgan fingerprint density at radius 2 is 1.94 bits per heavy atom. The van der Waals surface area contributed by atoms with Crippen molar-refractivity contribution in [1.29, 1.82) is 0 Å². The molecule has 2 rings (SSSR count). The smallest absolute Gasteiger partial charge is 0.119 e. The lowest BCUT2D eigenvalue weighted by Gasteiger charge is -2.28. The number of aromatic hydroxyl groups is 1. The SMILES string of the molecule is COc1ccc(O)c(C(C)C2CCCCC2)c1. The molecule has 1 aliphatic carbocycles. The van der Waals surface area contributed by atoms with E-state index < -0.39 is 0 Å². The first-order valence-electron chi connectivity index (χ1n) is 6.59. The fourth-order valence-corrected chi connectivity index (χ4v) is 2.91. The van der Waals surface area contributed by atoms with Crippen LogP contribution in [0.1, 0.15) is 50.5 Å². The van der Waals surface area contributed by atoms with Crippen LogP contribution in [-0.2, 0) is 0 Å². The molecule has 2 nitrogen and oxygen atoms in total. The molecule has 0 amide bonds. The van der Waals surface area contributed by atoms with Gasteiger partial charge in [0, 0.05) is 5.56 Å². The summed E-state index contributed by atoms with van der Waals surface area (Å²) < 4.78 is 5.24. The molecule has 1 fully saturated rings. The molecule has 1 unspecified atom stereocenters. The van der Waals surface area contributed by atoms with Crippen molar-refractivity contribution < 1.29 is 9.84 Å². The molecule has 0 bridgehead atoms. The zero-order valence-electron chi connectivity index (χ0n) is 10.8. The van der Waals surface area contributed by atoms with E-state index in [0.29, 0.717) is 17.6 Å². The Bertz CT molecular complexity index is 367. The van der Waals surface area contributed by atoms with Crippen LogP contribution in [0.15, 0.2) is 18.2 Å². The second kappa shape index (κ2) is 5.44. The minimum Gasteiger partial charge on any atom is -0.508 e. The van der Waals surface area contributed by atoms with Crippen LogP contribution in [0, 0.1) is 5.92 Å². The van der Waals surface area contributed by atoms with Crippen molar-refractivity contribution in [2.45, 2.75) is 44.9 Å². The highest BCUT2D eigenvalue weighted by atomic mass is 16.5. The summed E-state index contributed by atoms with van der Waals surface area (Å²) in [6, 6.07) is 5.54. The highest BCUT2D eigenvalue weighted by Gasteiger charge is 2.23. The standard InChI is InChI=1S/C15H22O2/c1-11(12-6-4-3-5-7-12)14-10-13(17-2)8-9-15(14)16/h8-12,16H,3-7H2,1-2H3. The van der Waals surface area contributed by atoms with Gasteiger partial charge in [-0.25, -0.2) is 0 Å². The first kappa shape index (κ1) is 12.3. The number of phenols is 1. The van der Waals surface area contributed by atoms with Crippen LogP contribution in [-0.4, -0.2) is 12.2 Å². The Balaban J connectivity index is 2.19. The van der Waals surface area contributed by atoms with Crippen molar-refractivity contribution in [3.05, 3.63) is 23.8 Å². The molecule has 0 spiro atoms. The highest BCUT2D eigenvalue weighted by Crippen LogP contribution is 2.39. The molecule has 0 heterocycles. The normalized spacial score (nSPS) is 18.9. The van der Waals surface area contributed by atoms with Crippen LogP contribution in [0.3, 0.4) is 0 Å². The molecule has 2 heteroatoms.